The van der Waals surface area contributed by atoms with Crippen LogP contribution >= 0.6 is 12.4 Å². The van der Waals surface area contributed by atoms with Crippen molar-refractivity contribution in [3.63, 3.8) is 0 Å². The van der Waals surface area contributed by atoms with E-state index in [1.165, 1.54) is 0 Å². The van der Waals surface area contributed by atoms with Crippen LogP contribution in [0.1, 0.15) is 18.4 Å². The van der Waals surface area contributed by atoms with Crippen molar-refractivity contribution in [2.24, 2.45) is 0 Å². The molecule has 0 aromatic heterocycles. The normalized spacial score (nSPS) is 23.6. The van der Waals surface area contributed by atoms with Crippen molar-refractivity contribution in [3.05, 3.63) is 59.9 Å². The molecule has 158 valence electrons. The second kappa shape index (κ2) is 8.26. The number of hydrogen-bond donors (Lipinski definition) is 2. The Bertz CT molecular complexity index is 969. The summed E-state index contributed by atoms with van der Waals surface area (Å²) in [4.78, 5) is 0. The van der Waals surface area contributed by atoms with Crippen LogP contribution in [-0.2, 0) is 16.4 Å². The second-order valence-corrected chi connectivity index (χ2v) is 9.43. The molecule has 2 aromatic carbocycles. The highest BCUT2D eigenvalue weighted by molar-refractivity contribution is 7.90. The quantitative estimate of drug-likeness (QED) is 0.714. The minimum atomic E-state index is -3.79. The summed E-state index contributed by atoms with van der Waals surface area (Å²) in [6.45, 7) is -0.643. The first kappa shape index (κ1) is 22.1. The molecule has 0 amide bonds. The highest BCUT2D eigenvalue weighted by Crippen LogP contribution is 2.34. The van der Waals surface area contributed by atoms with E-state index in [1.807, 2.05) is 6.07 Å². The third-order valence-corrected chi connectivity index (χ3v) is 7.25. The molecule has 0 bridgehead atoms. The first-order chi connectivity index (χ1) is 13.3. The Balaban J connectivity index is 0.00000240. The van der Waals surface area contributed by atoms with Gasteiger partial charge in [-0.15, -0.1) is 12.4 Å². The van der Waals surface area contributed by atoms with Gasteiger partial charge in [-0.05, 0) is 30.4 Å². The molecule has 2 atom stereocenters. The monoisotopic (exact) mass is 446 g/mol. The summed E-state index contributed by atoms with van der Waals surface area (Å²) in [6.07, 6.45) is 0.929. The third kappa shape index (κ3) is 4.60. The van der Waals surface area contributed by atoms with E-state index in [1.54, 1.807) is 42.5 Å². The fraction of sp³-hybridized carbons (Fsp3) is 0.400. The molecule has 1 aliphatic heterocycles. The van der Waals surface area contributed by atoms with Crippen LogP contribution in [0.3, 0.4) is 0 Å². The molecule has 1 heterocycles. The Morgan fingerprint density at radius 3 is 2.41 bits per heavy atom. The number of nitrogens with one attached hydrogen (secondary N) is 2. The van der Waals surface area contributed by atoms with E-state index >= 15 is 4.39 Å². The van der Waals surface area contributed by atoms with Gasteiger partial charge in [-0.3, -0.25) is 0 Å². The summed E-state index contributed by atoms with van der Waals surface area (Å²) in [7, 11) is -3.79. The minimum absolute atomic E-state index is 0. The lowest BCUT2D eigenvalue weighted by Crippen LogP contribution is -2.52. The maximum atomic E-state index is 15.1. The SMILES string of the molecule is Cl.O=S(=O)(N[C@@H]1[C@H](Cc2cccc(-c3ccccc3)c2F)NCC1(F)F)C1CC1. The molecule has 4 rings (SSSR count). The second-order valence-electron chi connectivity index (χ2n) is 7.44. The number of rotatable bonds is 6. The van der Waals surface area contributed by atoms with Crippen LogP contribution in [0.2, 0.25) is 0 Å². The van der Waals surface area contributed by atoms with Crippen LogP contribution in [0.4, 0.5) is 13.2 Å². The van der Waals surface area contributed by atoms with Crippen LogP contribution < -0.4 is 10.0 Å². The maximum Gasteiger partial charge on any atom is 0.277 e. The standard InChI is InChI=1S/C20H21F3N2O2S.ClH/c21-18-14(7-4-8-16(18)13-5-2-1-3-6-13)11-17-19(20(22,23)12-24-17)25-28(26,27)15-9-10-15;/h1-8,15,17,19,24-25H,9-12H2;1H/t17-,19+;/m0./s1. The fourth-order valence-corrected chi connectivity index (χ4v) is 5.25. The molecule has 0 spiro atoms. The lowest BCUT2D eigenvalue weighted by atomic mass is 9.96. The Morgan fingerprint density at radius 1 is 1.07 bits per heavy atom. The topological polar surface area (TPSA) is 58.2 Å². The van der Waals surface area contributed by atoms with Gasteiger partial charge < -0.3 is 5.32 Å². The van der Waals surface area contributed by atoms with Crippen molar-refractivity contribution >= 4 is 22.4 Å². The molecule has 0 radical (unpaired) electrons. The smallest absolute Gasteiger partial charge is 0.277 e. The first-order valence-electron chi connectivity index (χ1n) is 9.23. The molecule has 4 nitrogen and oxygen atoms in total. The van der Waals surface area contributed by atoms with Gasteiger partial charge in [-0.2, -0.15) is 0 Å². The predicted molar refractivity (Wildman–Crippen MR) is 108 cm³/mol. The largest absolute Gasteiger partial charge is 0.306 e. The van der Waals surface area contributed by atoms with Gasteiger partial charge in [0, 0.05) is 11.6 Å². The third-order valence-electron chi connectivity index (χ3n) is 5.32. The molecular weight excluding hydrogens is 425 g/mol. The lowest BCUT2D eigenvalue weighted by molar-refractivity contribution is -0.000904. The highest BCUT2D eigenvalue weighted by Gasteiger charge is 2.53. The molecule has 1 aliphatic carbocycles. The van der Waals surface area contributed by atoms with Crippen LogP contribution in [-0.4, -0.2) is 38.2 Å². The van der Waals surface area contributed by atoms with Crippen molar-refractivity contribution in [2.75, 3.05) is 6.54 Å². The van der Waals surface area contributed by atoms with Crippen LogP contribution in [0.25, 0.3) is 11.1 Å². The van der Waals surface area contributed by atoms with Gasteiger partial charge in [0.1, 0.15) is 11.9 Å². The van der Waals surface area contributed by atoms with Gasteiger partial charge in [0.05, 0.1) is 11.8 Å². The molecule has 29 heavy (non-hydrogen) atoms. The number of halogens is 4. The zero-order chi connectivity index (χ0) is 19.9. The molecule has 0 unspecified atom stereocenters. The van der Waals surface area contributed by atoms with Gasteiger partial charge in [0.25, 0.3) is 5.92 Å². The summed E-state index contributed by atoms with van der Waals surface area (Å²) in [5, 5.41) is 2.08. The molecule has 1 saturated carbocycles. The number of hydrogen-bond acceptors (Lipinski definition) is 3. The molecule has 2 aliphatic rings. The molecule has 2 aromatic rings. The average Bonchev–Trinajstić information content (AvgIpc) is 3.48. The van der Waals surface area contributed by atoms with Crippen molar-refractivity contribution < 1.29 is 21.6 Å². The van der Waals surface area contributed by atoms with E-state index in [0.717, 1.165) is 0 Å². The number of benzene rings is 2. The fourth-order valence-electron chi connectivity index (χ4n) is 3.61. The van der Waals surface area contributed by atoms with Crippen LogP contribution in [0.15, 0.2) is 48.5 Å². The molecule has 2 N–H and O–H groups in total. The number of alkyl halides is 2. The first-order valence-corrected chi connectivity index (χ1v) is 10.8. The van der Waals surface area contributed by atoms with Crippen molar-refractivity contribution in [1.29, 1.82) is 0 Å². The predicted octanol–water partition coefficient (Wildman–Crippen LogP) is 3.51. The molecular formula is C20H22ClF3N2O2S. The lowest BCUT2D eigenvalue weighted by Gasteiger charge is -2.25. The van der Waals surface area contributed by atoms with Crippen molar-refractivity contribution in [1.82, 2.24) is 10.0 Å². The van der Waals surface area contributed by atoms with E-state index in [2.05, 4.69) is 10.0 Å². The van der Waals surface area contributed by atoms with Gasteiger partial charge in [-0.25, -0.2) is 26.3 Å². The van der Waals surface area contributed by atoms with E-state index in [-0.39, 0.29) is 24.4 Å². The zero-order valence-corrected chi connectivity index (χ0v) is 17.1. The number of sulfonamides is 1. The Morgan fingerprint density at radius 2 is 1.76 bits per heavy atom. The van der Waals surface area contributed by atoms with Gasteiger partial charge in [0.2, 0.25) is 10.0 Å². The van der Waals surface area contributed by atoms with E-state index < -0.39 is 45.6 Å². The summed E-state index contributed by atoms with van der Waals surface area (Å²) < 4.78 is 70.3. The van der Waals surface area contributed by atoms with Gasteiger partial charge in [0.15, 0.2) is 0 Å². The Hall–Kier alpha value is -1.61. The van der Waals surface area contributed by atoms with E-state index in [9.17, 15) is 17.2 Å². The molecule has 2 fully saturated rings. The van der Waals surface area contributed by atoms with E-state index in [0.29, 0.717) is 24.0 Å². The minimum Gasteiger partial charge on any atom is -0.306 e. The average molecular weight is 447 g/mol. The summed E-state index contributed by atoms with van der Waals surface area (Å²) in [5.41, 5.74) is 1.35. The van der Waals surface area contributed by atoms with Crippen LogP contribution in [0.5, 0.6) is 0 Å². The van der Waals surface area contributed by atoms with E-state index in [4.69, 9.17) is 0 Å². The van der Waals surface area contributed by atoms with Gasteiger partial charge in [-0.1, -0.05) is 48.5 Å². The Kier molecular flexibility index (Phi) is 6.29. The van der Waals surface area contributed by atoms with Crippen LogP contribution in [0, 0.1) is 5.82 Å². The highest BCUT2D eigenvalue weighted by atomic mass is 35.5. The maximum absolute atomic E-state index is 15.1. The summed E-state index contributed by atoms with van der Waals surface area (Å²) >= 11 is 0. The summed E-state index contributed by atoms with van der Waals surface area (Å²) in [5.74, 6) is -3.71. The molecule has 9 heteroatoms. The van der Waals surface area contributed by atoms with Gasteiger partial charge >= 0.3 is 0 Å². The Labute approximate surface area is 174 Å². The zero-order valence-electron chi connectivity index (χ0n) is 15.4. The summed E-state index contributed by atoms with van der Waals surface area (Å²) in [6, 6.07) is 11.3. The van der Waals surface area contributed by atoms with Crippen molar-refractivity contribution in [2.45, 2.75) is 42.5 Å². The molecule has 1 saturated heterocycles. The van der Waals surface area contributed by atoms with Crippen molar-refractivity contribution in [3.8, 4) is 11.1 Å².